The van der Waals surface area contributed by atoms with Crippen molar-refractivity contribution in [1.82, 2.24) is 0 Å². The number of anilines is 1. The summed E-state index contributed by atoms with van der Waals surface area (Å²) in [6.45, 7) is 0.0412. The van der Waals surface area contributed by atoms with Gasteiger partial charge >= 0.3 is 0 Å². The molecule has 2 rings (SSSR count). The maximum atomic E-state index is 10.8. The maximum absolute atomic E-state index is 10.8. The van der Waals surface area contributed by atoms with Gasteiger partial charge < -0.3 is 15.3 Å². The first kappa shape index (κ1) is 11.4. The molecule has 0 radical (unpaired) electrons. The van der Waals surface area contributed by atoms with E-state index in [1.165, 1.54) is 12.5 Å². The zero-order valence-corrected chi connectivity index (χ0v) is 9.22. The number of hydrogen-bond donors (Lipinski definition) is 2. The Morgan fingerprint density at radius 2 is 2.12 bits per heavy atom. The quantitative estimate of drug-likeness (QED) is 0.622. The lowest BCUT2D eigenvalue weighted by molar-refractivity contribution is 0.112. The minimum absolute atomic E-state index is 0.0412. The molecule has 0 aliphatic rings. The molecule has 1 aromatic carbocycles. The normalized spacial score (nSPS) is 10.4. The second-order valence-electron chi connectivity index (χ2n) is 3.71. The van der Waals surface area contributed by atoms with Crippen LogP contribution in [0.15, 0.2) is 35.1 Å². The third kappa shape index (κ3) is 2.07. The number of rotatable bonds is 4. The van der Waals surface area contributed by atoms with E-state index in [2.05, 4.69) is 0 Å². The number of carbonyl (C=O) groups excluding carboxylic acids is 1. The van der Waals surface area contributed by atoms with Gasteiger partial charge in [-0.1, -0.05) is 18.2 Å². The predicted octanol–water partition coefficient (Wildman–Crippen LogP) is 1.88. The second kappa shape index (κ2) is 4.84. The van der Waals surface area contributed by atoms with Crippen LogP contribution in [-0.2, 0) is 6.42 Å². The Morgan fingerprint density at radius 3 is 2.82 bits per heavy atom. The van der Waals surface area contributed by atoms with Gasteiger partial charge in [-0.25, -0.2) is 0 Å². The summed E-state index contributed by atoms with van der Waals surface area (Å²) >= 11 is 0. The topological polar surface area (TPSA) is 76.5 Å². The number of nitrogen functional groups attached to an aromatic ring is 1. The first-order chi connectivity index (χ1) is 8.27. The van der Waals surface area contributed by atoms with Gasteiger partial charge in [0.05, 0.1) is 11.8 Å². The van der Waals surface area contributed by atoms with Crippen molar-refractivity contribution < 1.29 is 14.3 Å². The third-order valence-corrected chi connectivity index (χ3v) is 2.69. The van der Waals surface area contributed by atoms with Crippen LogP contribution in [0.4, 0.5) is 5.69 Å². The molecular weight excluding hydrogens is 218 g/mol. The van der Waals surface area contributed by atoms with Crippen molar-refractivity contribution >= 4 is 12.0 Å². The number of aliphatic hydroxyl groups is 1. The van der Waals surface area contributed by atoms with Crippen LogP contribution in [0.25, 0.3) is 11.1 Å². The number of aldehydes is 1. The van der Waals surface area contributed by atoms with Crippen LogP contribution >= 0.6 is 0 Å². The van der Waals surface area contributed by atoms with Gasteiger partial charge in [0, 0.05) is 23.4 Å². The summed E-state index contributed by atoms with van der Waals surface area (Å²) < 4.78 is 5.01. The van der Waals surface area contributed by atoms with E-state index in [-0.39, 0.29) is 6.61 Å². The van der Waals surface area contributed by atoms with Gasteiger partial charge in [0.1, 0.15) is 6.26 Å². The van der Waals surface area contributed by atoms with Crippen LogP contribution in [-0.4, -0.2) is 18.0 Å². The molecule has 0 amide bonds. The van der Waals surface area contributed by atoms with E-state index >= 15 is 0 Å². The fraction of sp³-hybridized carbons (Fsp3) is 0.154. The van der Waals surface area contributed by atoms with Gasteiger partial charge in [-0.3, -0.25) is 4.79 Å². The number of hydrogen-bond acceptors (Lipinski definition) is 4. The van der Waals surface area contributed by atoms with Gasteiger partial charge in [-0.15, -0.1) is 0 Å². The molecule has 0 saturated carbocycles. The molecule has 4 heteroatoms. The first-order valence-electron chi connectivity index (χ1n) is 5.28. The van der Waals surface area contributed by atoms with E-state index < -0.39 is 0 Å². The lowest BCUT2D eigenvalue weighted by Gasteiger charge is -2.09. The number of para-hydroxylation sites is 1. The second-order valence-corrected chi connectivity index (χ2v) is 3.71. The molecule has 0 bridgehead atoms. The molecule has 3 N–H and O–H groups in total. The van der Waals surface area contributed by atoms with Crippen LogP contribution in [0.3, 0.4) is 0 Å². The van der Waals surface area contributed by atoms with E-state index in [4.69, 9.17) is 15.3 Å². The molecule has 0 spiro atoms. The highest BCUT2D eigenvalue weighted by Gasteiger charge is 2.12. The highest BCUT2D eigenvalue weighted by Crippen LogP contribution is 2.31. The van der Waals surface area contributed by atoms with E-state index in [1.54, 1.807) is 0 Å². The molecule has 0 fully saturated rings. The Morgan fingerprint density at radius 1 is 1.29 bits per heavy atom. The molecule has 0 unspecified atom stereocenters. The summed E-state index contributed by atoms with van der Waals surface area (Å²) in [5.41, 5.74) is 9.36. The van der Waals surface area contributed by atoms with Crippen molar-refractivity contribution in [2.45, 2.75) is 6.42 Å². The van der Waals surface area contributed by atoms with Crippen molar-refractivity contribution in [3.63, 3.8) is 0 Å². The molecule has 1 heterocycles. The van der Waals surface area contributed by atoms with E-state index in [0.29, 0.717) is 23.2 Å². The van der Waals surface area contributed by atoms with E-state index in [1.807, 2.05) is 18.2 Å². The van der Waals surface area contributed by atoms with Crippen molar-refractivity contribution in [2.75, 3.05) is 12.3 Å². The van der Waals surface area contributed by atoms with Crippen molar-refractivity contribution in [2.24, 2.45) is 0 Å². The summed E-state index contributed by atoms with van der Waals surface area (Å²) in [4.78, 5) is 10.8. The van der Waals surface area contributed by atoms with E-state index in [9.17, 15) is 4.79 Å². The van der Waals surface area contributed by atoms with Crippen LogP contribution in [0, 0.1) is 0 Å². The maximum Gasteiger partial charge on any atom is 0.153 e. The number of nitrogens with two attached hydrogens (primary N) is 1. The van der Waals surface area contributed by atoms with Crippen LogP contribution in [0.2, 0.25) is 0 Å². The van der Waals surface area contributed by atoms with Gasteiger partial charge in [0.25, 0.3) is 0 Å². The molecule has 0 aliphatic heterocycles. The summed E-state index contributed by atoms with van der Waals surface area (Å²) in [5.74, 6) is 0. The van der Waals surface area contributed by atoms with Crippen molar-refractivity contribution in [3.8, 4) is 11.1 Å². The lowest BCUT2D eigenvalue weighted by Crippen LogP contribution is -2.00. The number of aliphatic hydroxyl groups excluding tert-OH is 1. The molecule has 2 aromatic rings. The summed E-state index contributed by atoms with van der Waals surface area (Å²) in [7, 11) is 0. The molecule has 0 atom stereocenters. The molecule has 88 valence electrons. The zero-order valence-electron chi connectivity index (χ0n) is 9.22. The first-order valence-corrected chi connectivity index (χ1v) is 5.28. The lowest BCUT2D eigenvalue weighted by atomic mass is 9.99. The molecule has 4 nitrogen and oxygen atoms in total. The standard InChI is InChI=1S/C13H13NO3/c14-13-9(4-5-15)2-1-3-11(13)12-8-17-7-10(12)6-16/h1-3,6-8,15H,4-5,14H2. The fourth-order valence-corrected chi connectivity index (χ4v) is 1.80. The summed E-state index contributed by atoms with van der Waals surface area (Å²) in [5, 5.41) is 8.94. The minimum atomic E-state index is 0.0412. The monoisotopic (exact) mass is 231 g/mol. The van der Waals surface area contributed by atoms with Crippen LogP contribution in [0.5, 0.6) is 0 Å². The highest BCUT2D eigenvalue weighted by molar-refractivity contribution is 5.91. The smallest absolute Gasteiger partial charge is 0.153 e. The highest BCUT2D eigenvalue weighted by atomic mass is 16.3. The number of furan rings is 1. The SMILES string of the molecule is Nc1c(CCO)cccc1-c1cocc1C=O. The molecular formula is C13H13NO3. The third-order valence-electron chi connectivity index (χ3n) is 2.69. The fourth-order valence-electron chi connectivity index (χ4n) is 1.80. The van der Waals surface area contributed by atoms with Crippen LogP contribution in [0.1, 0.15) is 15.9 Å². The Kier molecular flexibility index (Phi) is 3.25. The number of carbonyl (C=O) groups is 1. The average molecular weight is 231 g/mol. The zero-order chi connectivity index (χ0) is 12.3. The van der Waals surface area contributed by atoms with Crippen molar-refractivity contribution in [1.29, 1.82) is 0 Å². The predicted molar refractivity (Wildman–Crippen MR) is 64.7 cm³/mol. The molecule has 0 aliphatic carbocycles. The van der Waals surface area contributed by atoms with Crippen molar-refractivity contribution in [3.05, 3.63) is 41.9 Å². The van der Waals surface area contributed by atoms with Gasteiger partial charge in [-0.05, 0) is 12.0 Å². The Labute approximate surface area is 98.7 Å². The minimum Gasteiger partial charge on any atom is -0.471 e. The van der Waals surface area contributed by atoms with E-state index in [0.717, 1.165) is 17.4 Å². The Hall–Kier alpha value is -2.07. The molecule has 17 heavy (non-hydrogen) atoms. The van der Waals surface area contributed by atoms with Crippen LogP contribution < -0.4 is 5.73 Å². The average Bonchev–Trinajstić information content (AvgIpc) is 2.80. The van der Waals surface area contributed by atoms with Gasteiger partial charge in [0.2, 0.25) is 0 Å². The van der Waals surface area contributed by atoms with Gasteiger partial charge in [0.15, 0.2) is 6.29 Å². The number of benzene rings is 1. The largest absolute Gasteiger partial charge is 0.471 e. The Balaban J connectivity index is 2.52. The summed E-state index contributed by atoms with van der Waals surface area (Å²) in [6.07, 6.45) is 4.11. The Bertz CT molecular complexity index is 531. The molecule has 0 saturated heterocycles. The molecule has 1 aromatic heterocycles. The summed E-state index contributed by atoms with van der Waals surface area (Å²) in [6, 6.07) is 5.53. The van der Waals surface area contributed by atoms with Gasteiger partial charge in [-0.2, -0.15) is 0 Å².